The summed E-state index contributed by atoms with van der Waals surface area (Å²) in [6, 6.07) is 19.3. The molecule has 0 saturated carbocycles. The maximum Gasteiger partial charge on any atom is 0.134 e. The third-order valence-corrected chi connectivity index (χ3v) is 3.89. The van der Waals surface area contributed by atoms with Crippen LogP contribution in [-0.2, 0) is 10.2 Å². The Labute approximate surface area is 131 Å². The maximum absolute atomic E-state index is 11.7. The second kappa shape index (κ2) is 7.53. The molecule has 0 spiro atoms. The molecule has 0 amide bonds. The van der Waals surface area contributed by atoms with Crippen molar-refractivity contribution in [3.8, 4) is 0 Å². The quantitative estimate of drug-likeness (QED) is 0.623. The lowest BCUT2D eigenvalue weighted by Crippen LogP contribution is -2.24. The number of rotatable bonds is 7. The minimum absolute atomic E-state index is 0.0646. The Morgan fingerprint density at radius 2 is 1.64 bits per heavy atom. The number of hydrogen-bond donors (Lipinski definition) is 1. The van der Waals surface area contributed by atoms with Crippen molar-refractivity contribution in [1.29, 1.82) is 0 Å². The monoisotopic (exact) mass is 292 g/mol. The summed E-state index contributed by atoms with van der Waals surface area (Å²) in [6.45, 7) is 3.77. The standard InChI is InChI=1S/C20H20O2/c1-2-20(16-22,19-11-7-4-8-12-19)14-13-18(15-21)17-9-5-3-6-10-17/h2-13,16,21H,1,14-15H2/b18-13+/t20-/m1/s1. The summed E-state index contributed by atoms with van der Waals surface area (Å²) in [6.07, 6.45) is 4.98. The van der Waals surface area contributed by atoms with Gasteiger partial charge in [-0.3, -0.25) is 0 Å². The lowest BCUT2D eigenvalue weighted by atomic mass is 9.78. The number of hydrogen-bond acceptors (Lipinski definition) is 2. The Morgan fingerprint density at radius 3 is 2.14 bits per heavy atom. The van der Waals surface area contributed by atoms with Gasteiger partial charge in [0.05, 0.1) is 12.0 Å². The van der Waals surface area contributed by atoms with Gasteiger partial charge in [-0.1, -0.05) is 72.8 Å². The second-order valence-corrected chi connectivity index (χ2v) is 5.19. The van der Waals surface area contributed by atoms with Crippen LogP contribution in [0.15, 0.2) is 79.4 Å². The van der Waals surface area contributed by atoms with Crippen molar-refractivity contribution in [3.05, 3.63) is 90.5 Å². The molecule has 2 nitrogen and oxygen atoms in total. The first-order valence-electron chi connectivity index (χ1n) is 7.26. The van der Waals surface area contributed by atoms with Crippen LogP contribution >= 0.6 is 0 Å². The SMILES string of the molecule is C=C[C@](C=O)(C/C=C(\CO)c1ccccc1)c1ccccc1. The molecule has 0 aliphatic rings. The molecule has 1 atom stereocenters. The zero-order valence-corrected chi connectivity index (χ0v) is 12.5. The summed E-state index contributed by atoms with van der Waals surface area (Å²) in [5.41, 5.74) is 1.91. The van der Waals surface area contributed by atoms with E-state index in [2.05, 4.69) is 6.58 Å². The summed E-state index contributed by atoms with van der Waals surface area (Å²) in [5, 5.41) is 9.61. The molecular weight excluding hydrogens is 272 g/mol. The summed E-state index contributed by atoms with van der Waals surface area (Å²) >= 11 is 0. The number of benzene rings is 2. The molecule has 0 bridgehead atoms. The van der Waals surface area contributed by atoms with E-state index in [9.17, 15) is 9.90 Å². The van der Waals surface area contributed by atoms with E-state index in [0.29, 0.717) is 6.42 Å². The highest BCUT2D eigenvalue weighted by atomic mass is 16.3. The Morgan fingerprint density at radius 1 is 1.05 bits per heavy atom. The molecular formula is C20H20O2. The fourth-order valence-electron chi connectivity index (χ4n) is 2.45. The van der Waals surface area contributed by atoms with E-state index in [4.69, 9.17) is 0 Å². The molecule has 22 heavy (non-hydrogen) atoms. The number of aliphatic hydroxyl groups excluding tert-OH is 1. The molecule has 2 heteroatoms. The first-order chi connectivity index (χ1) is 10.8. The van der Waals surface area contributed by atoms with Gasteiger partial charge in [0.1, 0.15) is 6.29 Å². The van der Waals surface area contributed by atoms with Gasteiger partial charge in [0, 0.05) is 0 Å². The maximum atomic E-state index is 11.7. The first-order valence-corrected chi connectivity index (χ1v) is 7.26. The van der Waals surface area contributed by atoms with Gasteiger partial charge in [0.2, 0.25) is 0 Å². The normalized spacial score (nSPS) is 14.1. The summed E-state index contributed by atoms with van der Waals surface area (Å²) in [4.78, 5) is 11.7. The second-order valence-electron chi connectivity index (χ2n) is 5.19. The highest BCUT2D eigenvalue weighted by Gasteiger charge is 2.27. The van der Waals surface area contributed by atoms with Gasteiger partial charge in [0.25, 0.3) is 0 Å². The van der Waals surface area contributed by atoms with Crippen molar-refractivity contribution in [3.63, 3.8) is 0 Å². The number of aldehydes is 1. The predicted molar refractivity (Wildman–Crippen MR) is 90.5 cm³/mol. The van der Waals surface area contributed by atoms with Crippen molar-refractivity contribution in [2.75, 3.05) is 6.61 Å². The highest BCUT2D eigenvalue weighted by molar-refractivity contribution is 5.74. The Hall–Kier alpha value is -2.45. The van der Waals surface area contributed by atoms with E-state index in [1.54, 1.807) is 6.08 Å². The van der Waals surface area contributed by atoms with Crippen LogP contribution in [0.2, 0.25) is 0 Å². The number of allylic oxidation sites excluding steroid dienone is 2. The molecule has 0 aliphatic carbocycles. The average molecular weight is 292 g/mol. The minimum Gasteiger partial charge on any atom is -0.392 e. The van der Waals surface area contributed by atoms with Crippen LogP contribution in [-0.4, -0.2) is 18.0 Å². The molecule has 2 aromatic carbocycles. The van der Waals surface area contributed by atoms with E-state index in [1.165, 1.54) is 0 Å². The largest absolute Gasteiger partial charge is 0.392 e. The van der Waals surface area contributed by atoms with Gasteiger partial charge in [-0.2, -0.15) is 0 Å². The van der Waals surface area contributed by atoms with Gasteiger partial charge in [0.15, 0.2) is 0 Å². The van der Waals surface area contributed by atoms with Crippen LogP contribution in [0.5, 0.6) is 0 Å². The third-order valence-electron chi connectivity index (χ3n) is 3.89. The Bertz CT molecular complexity index is 634. The summed E-state index contributed by atoms with van der Waals surface area (Å²) in [5.74, 6) is 0. The molecule has 0 heterocycles. The third kappa shape index (κ3) is 3.41. The van der Waals surface area contributed by atoms with Crippen molar-refractivity contribution in [2.24, 2.45) is 0 Å². The molecule has 0 radical (unpaired) electrons. The Balaban J connectivity index is 2.34. The van der Waals surface area contributed by atoms with Gasteiger partial charge in [-0.05, 0) is 23.1 Å². The van der Waals surface area contributed by atoms with E-state index >= 15 is 0 Å². The summed E-state index contributed by atoms with van der Waals surface area (Å²) in [7, 11) is 0. The van der Waals surface area contributed by atoms with Crippen LogP contribution < -0.4 is 0 Å². The molecule has 0 fully saturated rings. The van der Waals surface area contributed by atoms with Crippen molar-refractivity contribution in [2.45, 2.75) is 11.8 Å². The molecule has 2 rings (SSSR count). The van der Waals surface area contributed by atoms with Crippen LogP contribution in [0, 0.1) is 0 Å². The zero-order chi connectivity index (χ0) is 15.8. The summed E-state index contributed by atoms with van der Waals surface area (Å²) < 4.78 is 0. The van der Waals surface area contributed by atoms with Gasteiger partial charge < -0.3 is 9.90 Å². The van der Waals surface area contributed by atoms with E-state index < -0.39 is 5.41 Å². The van der Waals surface area contributed by atoms with E-state index in [1.807, 2.05) is 66.7 Å². The van der Waals surface area contributed by atoms with Gasteiger partial charge >= 0.3 is 0 Å². The molecule has 112 valence electrons. The molecule has 0 unspecified atom stereocenters. The zero-order valence-electron chi connectivity index (χ0n) is 12.5. The average Bonchev–Trinajstić information content (AvgIpc) is 2.61. The van der Waals surface area contributed by atoms with Crippen molar-refractivity contribution < 1.29 is 9.90 Å². The van der Waals surface area contributed by atoms with E-state index in [-0.39, 0.29) is 6.61 Å². The van der Waals surface area contributed by atoms with Crippen molar-refractivity contribution >= 4 is 11.9 Å². The first kappa shape index (κ1) is 15.9. The Kier molecular flexibility index (Phi) is 5.45. The number of aliphatic hydroxyl groups is 1. The fraction of sp³-hybridized carbons (Fsp3) is 0.150. The van der Waals surface area contributed by atoms with Crippen LogP contribution in [0.4, 0.5) is 0 Å². The number of carbonyl (C=O) groups excluding carboxylic acids is 1. The van der Waals surface area contributed by atoms with Crippen molar-refractivity contribution in [1.82, 2.24) is 0 Å². The fourth-order valence-corrected chi connectivity index (χ4v) is 2.45. The van der Waals surface area contributed by atoms with Crippen LogP contribution in [0.1, 0.15) is 17.5 Å². The number of carbonyl (C=O) groups is 1. The molecule has 2 aromatic rings. The molecule has 0 aliphatic heterocycles. The lowest BCUT2D eigenvalue weighted by molar-refractivity contribution is -0.111. The molecule has 0 aromatic heterocycles. The van der Waals surface area contributed by atoms with Gasteiger partial charge in [-0.25, -0.2) is 0 Å². The topological polar surface area (TPSA) is 37.3 Å². The van der Waals surface area contributed by atoms with Gasteiger partial charge in [-0.15, -0.1) is 6.58 Å². The smallest absolute Gasteiger partial charge is 0.134 e. The lowest BCUT2D eigenvalue weighted by Gasteiger charge is -2.23. The minimum atomic E-state index is -0.767. The highest BCUT2D eigenvalue weighted by Crippen LogP contribution is 2.29. The van der Waals surface area contributed by atoms with E-state index in [0.717, 1.165) is 23.0 Å². The predicted octanol–water partition coefficient (Wildman–Crippen LogP) is 3.78. The van der Waals surface area contributed by atoms with Crippen LogP contribution in [0.3, 0.4) is 0 Å². The molecule has 0 saturated heterocycles. The molecule has 1 N–H and O–H groups in total. The van der Waals surface area contributed by atoms with Crippen LogP contribution in [0.25, 0.3) is 5.57 Å².